The van der Waals surface area contributed by atoms with Gasteiger partial charge in [-0.2, -0.15) is 0 Å². The van der Waals surface area contributed by atoms with E-state index in [4.69, 9.17) is 22.1 Å². The molecule has 2 N–H and O–H groups in total. The van der Waals surface area contributed by atoms with Gasteiger partial charge in [0.15, 0.2) is 5.75 Å². The number of aromatic nitrogens is 1. The summed E-state index contributed by atoms with van der Waals surface area (Å²) < 4.78 is 4.85. The molecule has 0 spiro atoms. The summed E-state index contributed by atoms with van der Waals surface area (Å²) in [4.78, 5) is 3.77. The van der Waals surface area contributed by atoms with Crippen LogP contribution in [0.25, 0.3) is 0 Å². The van der Waals surface area contributed by atoms with E-state index in [9.17, 15) is 0 Å². The maximum absolute atomic E-state index is 5.53. The topological polar surface area (TPSA) is 48.1 Å². The molecule has 0 aromatic carbocycles. The molecule has 1 aromatic heterocycles. The average molecular weight is 159 g/mol. The van der Waals surface area contributed by atoms with Gasteiger partial charge in [0.05, 0.1) is 19.0 Å². The summed E-state index contributed by atoms with van der Waals surface area (Å²) in [7, 11) is 1.53. The van der Waals surface area contributed by atoms with E-state index >= 15 is 0 Å². The van der Waals surface area contributed by atoms with Crippen LogP contribution in [0.15, 0.2) is 12.3 Å². The summed E-state index contributed by atoms with van der Waals surface area (Å²) in [6.07, 6.45) is 1.48. The second-order valence-electron chi connectivity index (χ2n) is 1.75. The molecule has 0 amide bonds. The predicted molar refractivity (Wildman–Crippen MR) is 40.2 cm³/mol. The fraction of sp³-hybridized carbons (Fsp3) is 0.167. The van der Waals surface area contributed by atoms with Gasteiger partial charge in [-0.25, -0.2) is 4.98 Å². The Kier molecular flexibility index (Phi) is 1.97. The summed E-state index contributed by atoms with van der Waals surface area (Å²) in [5.41, 5.74) is 5.98. The van der Waals surface area contributed by atoms with Crippen molar-refractivity contribution in [1.82, 2.24) is 4.98 Å². The number of methoxy groups -OCH3 is 1. The normalized spacial score (nSPS) is 9.40. The molecule has 0 saturated carbocycles. The molecule has 0 saturated heterocycles. The first kappa shape index (κ1) is 7.15. The number of anilines is 1. The van der Waals surface area contributed by atoms with Crippen LogP contribution in [-0.2, 0) is 0 Å². The van der Waals surface area contributed by atoms with Gasteiger partial charge in [-0.1, -0.05) is 11.6 Å². The molecule has 1 aromatic rings. The third-order valence-electron chi connectivity index (χ3n) is 1.08. The lowest BCUT2D eigenvalue weighted by Crippen LogP contribution is -1.92. The number of pyridine rings is 1. The standard InChI is InChI=1S/C6H7ClN2O/c1-10-5-3-9-6(7)2-4(5)8/h2-3H,1H3,(H2,8,9). The highest BCUT2D eigenvalue weighted by Gasteiger charge is 1.98. The van der Waals surface area contributed by atoms with E-state index in [-0.39, 0.29) is 0 Å². The highest BCUT2D eigenvalue weighted by atomic mass is 35.5. The molecule has 54 valence electrons. The van der Waals surface area contributed by atoms with Crippen LogP contribution in [0.5, 0.6) is 5.75 Å². The summed E-state index contributed by atoms with van der Waals surface area (Å²) >= 11 is 5.53. The zero-order valence-electron chi connectivity index (χ0n) is 5.47. The van der Waals surface area contributed by atoms with Gasteiger partial charge < -0.3 is 10.5 Å². The molecule has 0 aliphatic carbocycles. The number of rotatable bonds is 1. The van der Waals surface area contributed by atoms with E-state index in [1.807, 2.05) is 0 Å². The summed E-state index contributed by atoms with van der Waals surface area (Å²) in [6.45, 7) is 0. The van der Waals surface area contributed by atoms with E-state index in [0.717, 1.165) is 0 Å². The number of nitrogen functional groups attached to an aromatic ring is 1. The van der Waals surface area contributed by atoms with Crippen molar-refractivity contribution in [3.8, 4) is 5.75 Å². The van der Waals surface area contributed by atoms with Crippen LogP contribution in [0.4, 0.5) is 5.69 Å². The van der Waals surface area contributed by atoms with Crippen molar-refractivity contribution in [3.05, 3.63) is 17.4 Å². The Morgan fingerprint density at radius 3 is 2.90 bits per heavy atom. The highest BCUT2D eigenvalue weighted by molar-refractivity contribution is 6.29. The van der Waals surface area contributed by atoms with E-state index in [1.165, 1.54) is 13.3 Å². The molecule has 0 aliphatic rings. The second kappa shape index (κ2) is 2.75. The van der Waals surface area contributed by atoms with Crippen molar-refractivity contribution in [2.45, 2.75) is 0 Å². The van der Waals surface area contributed by atoms with Gasteiger partial charge in [-0.3, -0.25) is 0 Å². The fourth-order valence-electron chi connectivity index (χ4n) is 0.602. The van der Waals surface area contributed by atoms with Crippen LogP contribution in [-0.4, -0.2) is 12.1 Å². The van der Waals surface area contributed by atoms with Gasteiger partial charge in [0, 0.05) is 6.07 Å². The van der Waals surface area contributed by atoms with Gasteiger partial charge in [0.1, 0.15) is 5.15 Å². The number of nitrogens with zero attached hydrogens (tertiary/aromatic N) is 1. The molecule has 0 atom stereocenters. The lowest BCUT2D eigenvalue weighted by atomic mass is 10.4. The van der Waals surface area contributed by atoms with Crippen molar-refractivity contribution in [3.63, 3.8) is 0 Å². The first-order valence-corrected chi connectivity index (χ1v) is 3.07. The molecule has 0 radical (unpaired) electrons. The van der Waals surface area contributed by atoms with Gasteiger partial charge >= 0.3 is 0 Å². The maximum Gasteiger partial charge on any atom is 0.160 e. The molecular formula is C6H7ClN2O. The molecule has 1 heterocycles. The van der Waals surface area contributed by atoms with Crippen molar-refractivity contribution in [2.75, 3.05) is 12.8 Å². The minimum absolute atomic E-state index is 0.373. The van der Waals surface area contributed by atoms with E-state index < -0.39 is 0 Å². The smallest absolute Gasteiger partial charge is 0.160 e. The van der Waals surface area contributed by atoms with Crippen molar-refractivity contribution in [1.29, 1.82) is 0 Å². The molecule has 0 unspecified atom stereocenters. The van der Waals surface area contributed by atoms with E-state index in [2.05, 4.69) is 4.98 Å². The van der Waals surface area contributed by atoms with Crippen LogP contribution in [0.3, 0.4) is 0 Å². The van der Waals surface area contributed by atoms with Gasteiger partial charge in [0.25, 0.3) is 0 Å². The SMILES string of the molecule is COc1cnc(Cl)cc1N. The van der Waals surface area contributed by atoms with Crippen LogP contribution in [0, 0.1) is 0 Å². The zero-order chi connectivity index (χ0) is 7.56. The van der Waals surface area contributed by atoms with Crippen LogP contribution < -0.4 is 10.5 Å². The van der Waals surface area contributed by atoms with Crippen molar-refractivity contribution in [2.24, 2.45) is 0 Å². The fourth-order valence-corrected chi connectivity index (χ4v) is 0.768. The second-order valence-corrected chi connectivity index (χ2v) is 2.14. The summed E-state index contributed by atoms with van der Waals surface area (Å²) in [5, 5.41) is 0.373. The Labute approximate surface area is 63.8 Å². The van der Waals surface area contributed by atoms with Crippen molar-refractivity contribution < 1.29 is 4.74 Å². The average Bonchev–Trinajstić information content (AvgIpc) is 1.88. The first-order valence-electron chi connectivity index (χ1n) is 2.69. The predicted octanol–water partition coefficient (Wildman–Crippen LogP) is 1.33. The Bertz CT molecular complexity index is 239. The van der Waals surface area contributed by atoms with Crippen LogP contribution in [0.2, 0.25) is 5.15 Å². The zero-order valence-corrected chi connectivity index (χ0v) is 6.22. The first-order chi connectivity index (χ1) is 4.74. The molecule has 1 rings (SSSR count). The largest absolute Gasteiger partial charge is 0.493 e. The summed E-state index contributed by atoms with van der Waals surface area (Å²) in [5.74, 6) is 0.546. The Morgan fingerprint density at radius 1 is 1.70 bits per heavy atom. The molecular weight excluding hydrogens is 152 g/mol. The van der Waals surface area contributed by atoms with E-state index in [0.29, 0.717) is 16.6 Å². The number of hydrogen-bond donors (Lipinski definition) is 1. The van der Waals surface area contributed by atoms with Gasteiger partial charge in [0.2, 0.25) is 0 Å². The minimum atomic E-state index is 0.373. The number of ether oxygens (including phenoxy) is 1. The molecule has 10 heavy (non-hydrogen) atoms. The molecule has 4 heteroatoms. The van der Waals surface area contributed by atoms with Gasteiger partial charge in [-0.15, -0.1) is 0 Å². The van der Waals surface area contributed by atoms with E-state index in [1.54, 1.807) is 6.07 Å². The number of hydrogen-bond acceptors (Lipinski definition) is 3. The van der Waals surface area contributed by atoms with Gasteiger partial charge in [-0.05, 0) is 0 Å². The quantitative estimate of drug-likeness (QED) is 0.628. The Balaban J connectivity index is 3.07. The minimum Gasteiger partial charge on any atom is -0.493 e. The van der Waals surface area contributed by atoms with Crippen LogP contribution in [0.1, 0.15) is 0 Å². The Hall–Kier alpha value is -0.960. The number of nitrogens with two attached hydrogens (primary N) is 1. The lowest BCUT2D eigenvalue weighted by molar-refractivity contribution is 0.415. The van der Waals surface area contributed by atoms with Crippen LogP contribution >= 0.6 is 11.6 Å². The highest BCUT2D eigenvalue weighted by Crippen LogP contribution is 2.21. The monoisotopic (exact) mass is 158 g/mol. The molecule has 0 aliphatic heterocycles. The van der Waals surface area contributed by atoms with Crippen molar-refractivity contribution >= 4 is 17.3 Å². The lowest BCUT2D eigenvalue weighted by Gasteiger charge is -2.01. The third kappa shape index (κ3) is 1.30. The molecule has 3 nitrogen and oxygen atoms in total. The Morgan fingerprint density at radius 2 is 2.40 bits per heavy atom. The number of halogens is 1. The maximum atomic E-state index is 5.53. The molecule has 0 fully saturated rings. The molecule has 0 bridgehead atoms. The third-order valence-corrected chi connectivity index (χ3v) is 1.29. The summed E-state index contributed by atoms with van der Waals surface area (Å²) in [6, 6.07) is 1.54.